The Labute approximate surface area is 250 Å². The van der Waals surface area contributed by atoms with Crippen LogP contribution in [0.5, 0.6) is 0 Å². The van der Waals surface area contributed by atoms with Crippen molar-refractivity contribution < 1.29 is 9.53 Å². The molecule has 0 spiro atoms. The second kappa shape index (κ2) is 15.7. The predicted molar refractivity (Wildman–Crippen MR) is 164 cm³/mol. The van der Waals surface area contributed by atoms with E-state index in [0.717, 1.165) is 37.3 Å². The smallest absolute Gasteiger partial charge is 0.343 e. The van der Waals surface area contributed by atoms with Crippen molar-refractivity contribution in [2.24, 2.45) is 13.0 Å². The van der Waals surface area contributed by atoms with Crippen molar-refractivity contribution in [1.29, 1.82) is 0 Å². The number of hydrogen-bond donors (Lipinski definition) is 3. The Bertz CT molecular complexity index is 1080. The van der Waals surface area contributed by atoms with Crippen molar-refractivity contribution >= 4 is 35.8 Å². The number of halogens is 1. The minimum Gasteiger partial charge on any atom is -0.462 e. The van der Waals surface area contributed by atoms with Crippen molar-refractivity contribution in [3.63, 3.8) is 0 Å². The van der Waals surface area contributed by atoms with E-state index in [4.69, 9.17) is 4.74 Å². The molecule has 41 heavy (non-hydrogen) atoms. The zero-order valence-corrected chi connectivity index (χ0v) is 25.5. The Morgan fingerprint density at radius 3 is 2.51 bits per heavy atom. The highest BCUT2D eigenvalue weighted by Gasteiger charge is 2.29. The van der Waals surface area contributed by atoms with E-state index >= 15 is 0 Å². The number of ether oxygens (including phenoxy) is 1. The van der Waals surface area contributed by atoms with Gasteiger partial charge in [0, 0.05) is 57.7 Å². The van der Waals surface area contributed by atoms with E-state index in [-0.39, 0.29) is 18.4 Å². The zero-order chi connectivity index (χ0) is 27.7. The van der Waals surface area contributed by atoms with Gasteiger partial charge in [0.2, 0.25) is 5.95 Å². The minimum atomic E-state index is -0.403. The SMILES string of the molecule is CCOC(=O)c1cnc(Nc2cnn(C)c2)nc1NC1CCC(N2CCN(CCCC3CCNCC3)CC2)CC1.Cl. The van der Waals surface area contributed by atoms with Crippen molar-refractivity contribution in [1.82, 2.24) is 34.9 Å². The highest BCUT2D eigenvalue weighted by molar-refractivity contribution is 5.94. The number of aromatic nitrogens is 4. The Kier molecular flexibility index (Phi) is 12.0. The van der Waals surface area contributed by atoms with Crippen molar-refractivity contribution in [3.8, 4) is 0 Å². The fourth-order valence-corrected chi connectivity index (χ4v) is 6.43. The summed E-state index contributed by atoms with van der Waals surface area (Å²) in [4.78, 5) is 27.0. The van der Waals surface area contributed by atoms with Crippen LogP contribution in [0.4, 0.5) is 17.5 Å². The van der Waals surface area contributed by atoms with Gasteiger partial charge in [-0.2, -0.15) is 10.1 Å². The summed E-state index contributed by atoms with van der Waals surface area (Å²) in [5, 5.41) is 14.4. The largest absolute Gasteiger partial charge is 0.462 e. The summed E-state index contributed by atoms with van der Waals surface area (Å²) in [6.45, 7) is 10.5. The molecule has 0 atom stereocenters. The van der Waals surface area contributed by atoms with Crippen LogP contribution in [0.15, 0.2) is 18.6 Å². The number of piperazine rings is 1. The quantitative estimate of drug-likeness (QED) is 0.336. The highest BCUT2D eigenvalue weighted by Crippen LogP contribution is 2.28. The molecule has 11 nitrogen and oxygen atoms in total. The number of anilines is 3. The van der Waals surface area contributed by atoms with Crippen LogP contribution in [0, 0.1) is 5.92 Å². The van der Waals surface area contributed by atoms with Crippen LogP contribution in [0.2, 0.25) is 0 Å². The molecule has 2 aromatic heterocycles. The van der Waals surface area contributed by atoms with Crippen LogP contribution in [-0.2, 0) is 11.8 Å². The second-order valence-electron chi connectivity index (χ2n) is 11.6. The Hall–Kier alpha value is -2.47. The van der Waals surface area contributed by atoms with Crippen LogP contribution >= 0.6 is 12.4 Å². The van der Waals surface area contributed by atoms with Crippen molar-refractivity contribution in [2.75, 3.05) is 63.1 Å². The van der Waals surface area contributed by atoms with Crippen molar-refractivity contribution in [3.05, 3.63) is 24.2 Å². The molecule has 0 bridgehead atoms. The van der Waals surface area contributed by atoms with Gasteiger partial charge >= 0.3 is 5.97 Å². The van der Waals surface area contributed by atoms with Gasteiger partial charge in [-0.15, -0.1) is 12.4 Å². The lowest BCUT2D eigenvalue weighted by Gasteiger charge is -2.42. The fraction of sp³-hybridized carbons (Fsp3) is 0.724. The molecule has 1 aliphatic carbocycles. The number of rotatable bonds is 11. The molecule has 2 saturated heterocycles. The van der Waals surface area contributed by atoms with Gasteiger partial charge in [0.1, 0.15) is 11.4 Å². The molecule has 3 fully saturated rings. The molecule has 3 N–H and O–H groups in total. The van der Waals surface area contributed by atoms with Gasteiger partial charge in [0.25, 0.3) is 0 Å². The van der Waals surface area contributed by atoms with Crippen LogP contribution in [-0.4, -0.2) is 100 Å². The number of esters is 1. The third-order valence-electron chi connectivity index (χ3n) is 8.75. The summed E-state index contributed by atoms with van der Waals surface area (Å²) in [5.74, 6) is 1.48. The molecule has 1 saturated carbocycles. The molecule has 3 aliphatic rings. The Balaban J connectivity index is 0.00000387. The predicted octanol–water partition coefficient (Wildman–Crippen LogP) is 3.67. The number of carbonyl (C=O) groups is 1. The van der Waals surface area contributed by atoms with Gasteiger partial charge in [-0.3, -0.25) is 9.58 Å². The third kappa shape index (κ3) is 9.01. The monoisotopic (exact) mass is 589 g/mol. The molecule has 4 heterocycles. The molecular weight excluding hydrogens is 542 g/mol. The normalized spacial score (nSPS) is 22.6. The van der Waals surface area contributed by atoms with E-state index < -0.39 is 5.97 Å². The van der Waals surface area contributed by atoms with Crippen molar-refractivity contribution in [2.45, 2.75) is 70.4 Å². The van der Waals surface area contributed by atoms with E-state index in [1.807, 2.05) is 13.2 Å². The van der Waals surface area contributed by atoms with Crippen LogP contribution < -0.4 is 16.0 Å². The molecule has 5 rings (SSSR count). The van der Waals surface area contributed by atoms with Crippen LogP contribution in [0.25, 0.3) is 0 Å². The lowest BCUT2D eigenvalue weighted by Crippen LogP contribution is -2.51. The lowest BCUT2D eigenvalue weighted by molar-refractivity contribution is 0.0526. The van der Waals surface area contributed by atoms with Gasteiger partial charge in [0.05, 0.1) is 18.5 Å². The van der Waals surface area contributed by atoms with E-state index in [2.05, 4.69) is 40.8 Å². The number of nitrogens with one attached hydrogen (secondary N) is 3. The van der Waals surface area contributed by atoms with Crippen LogP contribution in [0.3, 0.4) is 0 Å². The van der Waals surface area contributed by atoms with Gasteiger partial charge in [-0.25, -0.2) is 9.78 Å². The highest BCUT2D eigenvalue weighted by atomic mass is 35.5. The Morgan fingerprint density at radius 1 is 1.07 bits per heavy atom. The van der Waals surface area contributed by atoms with Gasteiger partial charge < -0.3 is 25.6 Å². The first-order chi connectivity index (χ1) is 19.6. The lowest BCUT2D eigenvalue weighted by atomic mass is 9.89. The Morgan fingerprint density at radius 2 is 1.83 bits per heavy atom. The summed E-state index contributed by atoms with van der Waals surface area (Å²) in [6.07, 6.45) is 15.0. The summed E-state index contributed by atoms with van der Waals surface area (Å²) < 4.78 is 6.99. The molecule has 2 aliphatic heterocycles. The van der Waals surface area contributed by atoms with Crippen LogP contribution in [0.1, 0.15) is 68.6 Å². The maximum absolute atomic E-state index is 12.6. The maximum Gasteiger partial charge on any atom is 0.343 e. The first-order valence-corrected chi connectivity index (χ1v) is 15.3. The average Bonchev–Trinajstić information content (AvgIpc) is 3.39. The molecule has 0 radical (unpaired) electrons. The van der Waals surface area contributed by atoms with Gasteiger partial charge in [-0.05, 0) is 83.8 Å². The number of hydrogen-bond acceptors (Lipinski definition) is 10. The summed E-state index contributed by atoms with van der Waals surface area (Å²) in [6, 6.07) is 0.912. The zero-order valence-electron chi connectivity index (χ0n) is 24.7. The average molecular weight is 590 g/mol. The summed E-state index contributed by atoms with van der Waals surface area (Å²) in [5.41, 5.74) is 1.16. The number of nitrogens with zero attached hydrogens (tertiary/aromatic N) is 6. The third-order valence-corrected chi connectivity index (χ3v) is 8.75. The number of piperidine rings is 1. The van der Waals surface area contributed by atoms with E-state index in [0.29, 0.717) is 30.0 Å². The number of aryl methyl sites for hydroxylation is 1. The molecule has 0 amide bonds. The van der Waals surface area contributed by atoms with Gasteiger partial charge in [-0.1, -0.05) is 0 Å². The first-order valence-electron chi connectivity index (χ1n) is 15.3. The molecule has 2 aromatic rings. The summed E-state index contributed by atoms with van der Waals surface area (Å²) in [7, 11) is 1.86. The maximum atomic E-state index is 12.6. The molecule has 12 heteroatoms. The topological polar surface area (TPSA) is 112 Å². The molecule has 0 aromatic carbocycles. The van der Waals surface area contributed by atoms with E-state index in [9.17, 15) is 4.79 Å². The van der Waals surface area contributed by atoms with E-state index in [1.165, 1.54) is 71.5 Å². The van der Waals surface area contributed by atoms with E-state index in [1.54, 1.807) is 24.0 Å². The molecule has 228 valence electrons. The van der Waals surface area contributed by atoms with Gasteiger partial charge in [0.15, 0.2) is 0 Å². The molecule has 0 unspecified atom stereocenters. The minimum absolute atomic E-state index is 0. The standard InChI is InChI=1S/C29H47N9O2.ClH/c1-3-40-28(39)26-20-31-29(34-24-19-32-36(2)21-24)35-27(26)33-23-6-8-25(9-7-23)38-17-15-37(16-18-38)14-4-5-22-10-12-30-13-11-22;/h19-23,25,30H,3-18H2,1-2H3,(H2,31,33,34,35);1H. The number of carbonyl (C=O) groups excluding carboxylic acids is 1. The summed E-state index contributed by atoms with van der Waals surface area (Å²) >= 11 is 0. The molecular formula is C29H48ClN9O2. The fourth-order valence-electron chi connectivity index (χ4n) is 6.43. The first kappa shape index (κ1) is 31.5. The second-order valence-corrected chi connectivity index (χ2v) is 11.6.